The molecule has 0 unspecified atom stereocenters. The Morgan fingerprint density at radius 2 is 2.13 bits per heavy atom. The molecule has 3 aromatic rings. The highest BCUT2D eigenvalue weighted by atomic mass is 32.2. The van der Waals surface area contributed by atoms with E-state index in [0.29, 0.717) is 13.1 Å². The normalized spacial score (nSPS) is 16.7. The van der Waals surface area contributed by atoms with Crippen molar-refractivity contribution in [3.63, 3.8) is 0 Å². The van der Waals surface area contributed by atoms with E-state index in [9.17, 15) is 8.42 Å². The number of fused-ring (bicyclic) bond motifs is 1. The minimum Gasteiger partial charge on any atom is -0.346 e. The first-order valence-corrected chi connectivity index (χ1v) is 8.85. The van der Waals surface area contributed by atoms with Crippen LogP contribution < -0.4 is 0 Å². The molecular weight excluding hydrogens is 316 g/mol. The second-order valence-electron chi connectivity index (χ2n) is 5.37. The zero-order valence-corrected chi connectivity index (χ0v) is 13.3. The van der Waals surface area contributed by atoms with Gasteiger partial charge in [-0.3, -0.25) is 4.68 Å². The Bertz CT molecular complexity index is 954. The van der Waals surface area contributed by atoms with Crippen LogP contribution >= 0.6 is 0 Å². The lowest BCUT2D eigenvalue weighted by molar-refractivity contribution is 0.304. The van der Waals surface area contributed by atoms with Gasteiger partial charge in [0.1, 0.15) is 18.0 Å². The van der Waals surface area contributed by atoms with Crippen LogP contribution in [0.25, 0.3) is 22.3 Å². The SMILES string of the molecule is CCS(=O)(=O)N1C[C](n2cc(-c3ncnc4[nH]ccc34)cn2)C1. The lowest BCUT2D eigenvalue weighted by atomic mass is 10.1. The molecule has 1 aliphatic rings. The van der Waals surface area contributed by atoms with Crippen LogP contribution in [0.3, 0.4) is 0 Å². The van der Waals surface area contributed by atoms with Crippen LogP contribution in [0.1, 0.15) is 6.92 Å². The molecule has 9 heteroatoms. The van der Waals surface area contributed by atoms with E-state index in [1.165, 1.54) is 10.6 Å². The van der Waals surface area contributed by atoms with Crippen molar-refractivity contribution < 1.29 is 8.42 Å². The predicted octanol–water partition coefficient (Wildman–Crippen LogP) is 0.867. The molecule has 0 aliphatic carbocycles. The molecule has 1 aliphatic heterocycles. The summed E-state index contributed by atoms with van der Waals surface area (Å²) in [6.07, 6.45) is 6.94. The van der Waals surface area contributed by atoms with Crippen LogP contribution in [0.5, 0.6) is 0 Å². The van der Waals surface area contributed by atoms with Crippen molar-refractivity contribution in [3.05, 3.63) is 37.0 Å². The topological polar surface area (TPSA) is 96.8 Å². The van der Waals surface area contributed by atoms with Crippen molar-refractivity contribution in [1.82, 2.24) is 29.0 Å². The zero-order chi connectivity index (χ0) is 16.0. The maximum atomic E-state index is 11.8. The first kappa shape index (κ1) is 14.3. The van der Waals surface area contributed by atoms with Gasteiger partial charge in [0.25, 0.3) is 0 Å². The van der Waals surface area contributed by atoms with Gasteiger partial charge in [0.05, 0.1) is 17.6 Å². The van der Waals surface area contributed by atoms with Gasteiger partial charge in [0, 0.05) is 36.4 Å². The smallest absolute Gasteiger partial charge is 0.213 e. The maximum Gasteiger partial charge on any atom is 0.213 e. The number of nitrogens with one attached hydrogen (secondary N) is 1. The van der Waals surface area contributed by atoms with Crippen molar-refractivity contribution in [2.45, 2.75) is 6.92 Å². The Morgan fingerprint density at radius 3 is 2.91 bits per heavy atom. The number of sulfonamides is 1. The van der Waals surface area contributed by atoms with Gasteiger partial charge in [-0.15, -0.1) is 0 Å². The highest BCUT2D eigenvalue weighted by Crippen LogP contribution is 2.27. The van der Waals surface area contributed by atoms with Crippen molar-refractivity contribution in [3.8, 4) is 11.3 Å². The molecule has 0 bridgehead atoms. The first-order chi connectivity index (χ1) is 11.1. The fourth-order valence-electron chi connectivity index (χ4n) is 2.61. The second kappa shape index (κ2) is 5.14. The number of hydrogen-bond acceptors (Lipinski definition) is 5. The minimum atomic E-state index is -3.12. The van der Waals surface area contributed by atoms with E-state index in [4.69, 9.17) is 0 Å². The summed E-state index contributed by atoms with van der Waals surface area (Å²) in [6, 6.07) is 2.88. The summed E-state index contributed by atoms with van der Waals surface area (Å²) < 4.78 is 26.7. The lowest BCUT2D eigenvalue weighted by Crippen LogP contribution is -2.51. The van der Waals surface area contributed by atoms with Crippen molar-refractivity contribution in [1.29, 1.82) is 0 Å². The van der Waals surface area contributed by atoms with E-state index < -0.39 is 10.0 Å². The van der Waals surface area contributed by atoms with Crippen LogP contribution in [0.15, 0.2) is 31.0 Å². The Morgan fingerprint density at radius 1 is 1.30 bits per heavy atom. The molecule has 8 nitrogen and oxygen atoms in total. The molecule has 0 aromatic carbocycles. The summed E-state index contributed by atoms with van der Waals surface area (Å²) in [7, 11) is -3.12. The predicted molar refractivity (Wildman–Crippen MR) is 84.8 cm³/mol. The summed E-state index contributed by atoms with van der Waals surface area (Å²) >= 11 is 0. The highest BCUT2D eigenvalue weighted by Gasteiger charge is 2.37. The third-order valence-electron chi connectivity index (χ3n) is 4.01. The van der Waals surface area contributed by atoms with Crippen LogP contribution in [0.4, 0.5) is 0 Å². The molecular formula is C14H15N6O2S. The molecule has 1 N–H and O–H groups in total. The van der Waals surface area contributed by atoms with Gasteiger partial charge in [-0.05, 0) is 13.0 Å². The number of rotatable bonds is 4. The van der Waals surface area contributed by atoms with Gasteiger partial charge < -0.3 is 4.98 Å². The fraction of sp³-hybridized carbons (Fsp3) is 0.286. The molecule has 4 heterocycles. The standard InChI is InChI=1S/C14H15N6O2S/c1-2-23(21,22)19-7-11(8-19)20-6-10(5-18-20)13-12-3-4-15-14(12)17-9-16-13/h3-6,9H,2,7-8H2,1H3,(H,15,16,17). The van der Waals surface area contributed by atoms with Gasteiger partial charge in [-0.1, -0.05) is 0 Å². The summed E-state index contributed by atoms with van der Waals surface area (Å²) in [6.45, 7) is 2.43. The van der Waals surface area contributed by atoms with Crippen LogP contribution in [0.2, 0.25) is 0 Å². The second-order valence-corrected chi connectivity index (χ2v) is 7.63. The number of aromatic nitrogens is 5. The van der Waals surface area contributed by atoms with Gasteiger partial charge in [-0.2, -0.15) is 9.40 Å². The number of nitrogens with zero attached hydrogens (tertiary/aromatic N) is 5. The van der Waals surface area contributed by atoms with E-state index >= 15 is 0 Å². The van der Waals surface area contributed by atoms with Crippen LogP contribution in [0, 0.1) is 6.04 Å². The molecule has 1 saturated heterocycles. The van der Waals surface area contributed by atoms with Crippen LogP contribution in [-0.2, 0) is 10.0 Å². The number of hydrogen-bond donors (Lipinski definition) is 1. The molecule has 0 spiro atoms. The quantitative estimate of drug-likeness (QED) is 0.765. The molecule has 0 atom stereocenters. The monoisotopic (exact) mass is 331 g/mol. The average molecular weight is 331 g/mol. The highest BCUT2D eigenvalue weighted by molar-refractivity contribution is 7.89. The average Bonchev–Trinajstić information content (AvgIpc) is 3.13. The molecule has 23 heavy (non-hydrogen) atoms. The van der Waals surface area contributed by atoms with E-state index in [2.05, 4.69) is 20.1 Å². The van der Waals surface area contributed by atoms with Gasteiger partial charge in [0.15, 0.2) is 0 Å². The third-order valence-corrected chi connectivity index (χ3v) is 5.78. The minimum absolute atomic E-state index is 0.122. The maximum absolute atomic E-state index is 11.8. The fourth-order valence-corrected chi connectivity index (χ4v) is 3.66. The van der Waals surface area contributed by atoms with Gasteiger partial charge >= 0.3 is 0 Å². The molecule has 1 radical (unpaired) electrons. The van der Waals surface area contributed by atoms with E-state index in [0.717, 1.165) is 28.3 Å². The number of H-pyrrole nitrogens is 1. The van der Waals surface area contributed by atoms with Crippen LogP contribution in [-0.4, -0.2) is 56.3 Å². The Hall–Kier alpha value is -2.26. The van der Waals surface area contributed by atoms with Gasteiger partial charge in [-0.25, -0.2) is 18.4 Å². The summed E-state index contributed by atoms with van der Waals surface area (Å²) in [5.41, 5.74) is 2.46. The molecule has 4 rings (SSSR count). The summed E-state index contributed by atoms with van der Waals surface area (Å²) in [4.78, 5) is 11.6. The molecule has 0 saturated carbocycles. The number of aromatic amines is 1. The third kappa shape index (κ3) is 2.32. The van der Waals surface area contributed by atoms with Crippen molar-refractivity contribution >= 4 is 21.1 Å². The first-order valence-electron chi connectivity index (χ1n) is 7.24. The lowest BCUT2D eigenvalue weighted by Gasteiger charge is -2.36. The molecule has 1 fully saturated rings. The zero-order valence-electron chi connectivity index (χ0n) is 12.5. The largest absolute Gasteiger partial charge is 0.346 e. The Labute approximate surface area is 133 Å². The Kier molecular flexibility index (Phi) is 3.20. The summed E-state index contributed by atoms with van der Waals surface area (Å²) in [5, 5.41) is 5.27. The van der Waals surface area contributed by atoms with E-state index in [1.807, 2.05) is 18.5 Å². The van der Waals surface area contributed by atoms with E-state index in [-0.39, 0.29) is 5.75 Å². The molecule has 0 amide bonds. The molecule has 3 aromatic heterocycles. The Balaban J connectivity index is 1.58. The van der Waals surface area contributed by atoms with E-state index in [1.54, 1.807) is 17.8 Å². The van der Waals surface area contributed by atoms with Gasteiger partial charge in [0.2, 0.25) is 10.0 Å². The van der Waals surface area contributed by atoms with Crippen molar-refractivity contribution in [2.75, 3.05) is 18.8 Å². The van der Waals surface area contributed by atoms with Crippen molar-refractivity contribution in [2.24, 2.45) is 0 Å². The summed E-state index contributed by atoms with van der Waals surface area (Å²) in [5.74, 6) is 0.122. The molecule has 119 valence electrons.